The van der Waals surface area contributed by atoms with Crippen LogP contribution in [0.5, 0.6) is 11.5 Å². The number of ether oxygens (including phenoxy) is 2. The minimum atomic E-state index is -0.276. The number of carbonyl (C=O) groups is 1. The van der Waals surface area contributed by atoms with Crippen molar-refractivity contribution in [3.05, 3.63) is 70.3 Å². The summed E-state index contributed by atoms with van der Waals surface area (Å²) in [6.45, 7) is 0.958. The predicted octanol–water partition coefficient (Wildman–Crippen LogP) is 3.92. The monoisotopic (exact) mass is 421 g/mol. The molecule has 0 saturated carbocycles. The number of amides is 1. The largest absolute Gasteiger partial charge is 0.493 e. The quantitative estimate of drug-likeness (QED) is 0.729. The molecule has 2 heterocycles. The van der Waals surface area contributed by atoms with Crippen molar-refractivity contribution in [2.75, 3.05) is 26.7 Å². The average Bonchev–Trinajstić information content (AvgIpc) is 2.78. The number of allylic oxidation sites excluding steroid dienone is 1. The van der Waals surface area contributed by atoms with Crippen LogP contribution in [0, 0.1) is 11.3 Å². The molecule has 30 heavy (non-hydrogen) atoms. The van der Waals surface area contributed by atoms with Gasteiger partial charge in [-0.1, -0.05) is 48.2 Å². The van der Waals surface area contributed by atoms with Crippen molar-refractivity contribution < 1.29 is 14.3 Å². The highest BCUT2D eigenvalue weighted by Crippen LogP contribution is 2.43. The van der Waals surface area contributed by atoms with Crippen molar-refractivity contribution >= 4 is 17.7 Å². The third-order valence-corrected chi connectivity index (χ3v) is 6.54. The van der Waals surface area contributed by atoms with E-state index < -0.39 is 0 Å². The van der Waals surface area contributed by atoms with E-state index in [2.05, 4.69) is 11.0 Å². The minimum Gasteiger partial charge on any atom is -0.493 e. The Morgan fingerprint density at radius 3 is 2.73 bits per heavy atom. The average molecular weight is 422 g/mol. The molecule has 0 aromatic heterocycles. The molecule has 0 bridgehead atoms. The van der Waals surface area contributed by atoms with Gasteiger partial charge in [0.15, 0.2) is 11.5 Å². The topological polar surface area (TPSA) is 65.8 Å². The van der Waals surface area contributed by atoms with E-state index in [4.69, 9.17) is 9.47 Å². The van der Waals surface area contributed by atoms with Crippen molar-refractivity contribution in [1.29, 1.82) is 5.26 Å². The number of nitrogens with zero attached hydrogens (tertiary/aromatic N) is 3. The second-order valence-electron chi connectivity index (χ2n) is 7.36. The smallest absolute Gasteiger partial charge is 0.229 e. The molecule has 154 valence electrons. The Morgan fingerprint density at radius 2 is 2.00 bits per heavy atom. The molecule has 1 saturated heterocycles. The molecular formula is C23H23N3O3S. The van der Waals surface area contributed by atoms with Gasteiger partial charge >= 0.3 is 0 Å². The summed E-state index contributed by atoms with van der Waals surface area (Å²) in [5, 5.41) is 10.7. The van der Waals surface area contributed by atoms with Gasteiger partial charge in [-0.15, -0.1) is 0 Å². The van der Waals surface area contributed by atoms with Crippen molar-refractivity contribution in [1.82, 2.24) is 9.80 Å². The van der Waals surface area contributed by atoms with Gasteiger partial charge in [0, 0.05) is 12.3 Å². The molecule has 2 aromatic rings. The van der Waals surface area contributed by atoms with Gasteiger partial charge in [-0.25, -0.2) is 0 Å². The summed E-state index contributed by atoms with van der Waals surface area (Å²) in [4.78, 5) is 16.6. The van der Waals surface area contributed by atoms with Gasteiger partial charge in [-0.3, -0.25) is 14.6 Å². The maximum absolute atomic E-state index is 12.8. The molecule has 2 aliphatic rings. The molecule has 1 fully saturated rings. The Bertz CT molecular complexity index is 1020. The van der Waals surface area contributed by atoms with Gasteiger partial charge in [-0.05, 0) is 30.3 Å². The van der Waals surface area contributed by atoms with Gasteiger partial charge in [-0.2, -0.15) is 5.26 Å². The van der Waals surface area contributed by atoms with Crippen molar-refractivity contribution in [2.24, 2.45) is 0 Å². The van der Waals surface area contributed by atoms with Crippen LogP contribution in [0.1, 0.15) is 23.5 Å². The zero-order valence-corrected chi connectivity index (χ0v) is 17.8. The summed E-state index contributed by atoms with van der Waals surface area (Å²) < 4.78 is 11.5. The summed E-state index contributed by atoms with van der Waals surface area (Å²) >= 11 is 1.54. The van der Waals surface area contributed by atoms with Crippen molar-refractivity contribution in [3.63, 3.8) is 0 Å². The van der Waals surface area contributed by atoms with Crippen LogP contribution in [-0.2, 0) is 11.4 Å². The van der Waals surface area contributed by atoms with Crippen LogP contribution >= 0.6 is 11.8 Å². The zero-order valence-electron chi connectivity index (χ0n) is 17.0. The van der Waals surface area contributed by atoms with Crippen LogP contribution in [0.15, 0.2) is 59.1 Å². The predicted molar refractivity (Wildman–Crippen MR) is 116 cm³/mol. The van der Waals surface area contributed by atoms with Crippen LogP contribution < -0.4 is 9.47 Å². The zero-order chi connectivity index (χ0) is 21.1. The first-order valence-corrected chi connectivity index (χ1v) is 10.7. The molecule has 1 amide bonds. The lowest BCUT2D eigenvalue weighted by Crippen LogP contribution is -2.45. The second-order valence-corrected chi connectivity index (χ2v) is 8.30. The molecule has 2 aromatic carbocycles. The molecule has 2 aliphatic heterocycles. The van der Waals surface area contributed by atoms with Gasteiger partial charge in [0.25, 0.3) is 0 Å². The Balaban J connectivity index is 1.61. The van der Waals surface area contributed by atoms with Crippen LogP contribution in [0.2, 0.25) is 0 Å². The third kappa shape index (κ3) is 4.02. The molecule has 1 atom stereocenters. The molecule has 6 nitrogen and oxygen atoms in total. The summed E-state index contributed by atoms with van der Waals surface area (Å²) in [7, 11) is 3.56. The molecule has 7 heteroatoms. The van der Waals surface area contributed by atoms with Gasteiger partial charge < -0.3 is 9.47 Å². The van der Waals surface area contributed by atoms with Crippen LogP contribution in [-0.4, -0.2) is 42.4 Å². The summed E-state index contributed by atoms with van der Waals surface area (Å²) in [5.41, 5.74) is 2.60. The first-order valence-electron chi connectivity index (χ1n) is 9.71. The number of fused-ring (bicyclic) bond motifs is 1. The SMILES string of the molecule is COc1cc(C2CC(=O)N3CN(C)CSC3=C2C#N)ccc1OCc1ccccc1. The number of thioether (sulfide) groups is 1. The highest BCUT2D eigenvalue weighted by Gasteiger charge is 2.37. The lowest BCUT2D eigenvalue weighted by atomic mass is 9.86. The highest BCUT2D eigenvalue weighted by molar-refractivity contribution is 8.03. The maximum atomic E-state index is 12.8. The van der Waals surface area contributed by atoms with Crippen molar-refractivity contribution in [3.8, 4) is 17.6 Å². The van der Waals surface area contributed by atoms with E-state index in [0.29, 0.717) is 30.3 Å². The Morgan fingerprint density at radius 1 is 1.20 bits per heavy atom. The number of benzene rings is 2. The van der Waals surface area contributed by atoms with Gasteiger partial charge in [0.05, 0.1) is 36.3 Å². The summed E-state index contributed by atoms with van der Waals surface area (Å²) in [6.07, 6.45) is 0.272. The highest BCUT2D eigenvalue weighted by atomic mass is 32.2. The Kier molecular flexibility index (Phi) is 5.98. The molecule has 0 radical (unpaired) electrons. The Labute approximate surface area is 180 Å². The van der Waals surface area contributed by atoms with Gasteiger partial charge in [0.2, 0.25) is 5.91 Å². The minimum absolute atomic E-state index is 0.0384. The molecule has 0 aliphatic carbocycles. The van der Waals surface area contributed by atoms with E-state index in [1.54, 1.807) is 23.8 Å². The normalized spacial score (nSPS) is 19.3. The fourth-order valence-corrected chi connectivity index (χ4v) is 4.80. The number of hydrogen-bond donors (Lipinski definition) is 0. The standard InChI is InChI=1S/C23H23N3O3S/c1-25-14-26-22(27)11-18(19(12-24)23(26)30-15-25)17-8-9-20(21(10-17)28-2)29-13-16-6-4-3-5-7-16/h3-10,18H,11,13-15H2,1-2H3. The second kappa shape index (κ2) is 8.82. The van der Waals surface area contributed by atoms with E-state index in [-0.39, 0.29) is 18.2 Å². The first kappa shape index (κ1) is 20.3. The van der Waals surface area contributed by atoms with Crippen LogP contribution in [0.3, 0.4) is 0 Å². The maximum Gasteiger partial charge on any atom is 0.229 e. The number of nitriles is 1. The van der Waals surface area contributed by atoms with E-state index in [9.17, 15) is 10.1 Å². The lowest BCUT2D eigenvalue weighted by molar-refractivity contribution is -0.131. The Hall–Kier alpha value is -2.95. The summed E-state index contributed by atoms with van der Waals surface area (Å²) in [5.74, 6) is 1.75. The number of methoxy groups -OCH3 is 1. The van der Waals surface area contributed by atoms with Crippen LogP contribution in [0.4, 0.5) is 0 Å². The lowest BCUT2D eigenvalue weighted by Gasteiger charge is -2.40. The third-order valence-electron chi connectivity index (χ3n) is 5.26. The fraction of sp³-hybridized carbons (Fsp3) is 0.304. The van der Waals surface area contributed by atoms with E-state index in [1.807, 2.05) is 55.6 Å². The van der Waals surface area contributed by atoms with Crippen molar-refractivity contribution in [2.45, 2.75) is 18.9 Å². The fourth-order valence-electron chi connectivity index (χ4n) is 3.71. The van der Waals surface area contributed by atoms with E-state index >= 15 is 0 Å². The first-order chi connectivity index (χ1) is 14.6. The molecule has 4 rings (SSSR count). The molecular weight excluding hydrogens is 398 g/mol. The van der Waals surface area contributed by atoms with E-state index in [1.165, 1.54) is 0 Å². The number of rotatable bonds is 5. The number of carbonyl (C=O) groups excluding carboxylic acids is 1. The molecule has 0 spiro atoms. The van der Waals surface area contributed by atoms with Gasteiger partial charge in [0.1, 0.15) is 6.61 Å². The number of hydrogen-bond acceptors (Lipinski definition) is 6. The molecule has 1 unspecified atom stereocenters. The van der Waals surface area contributed by atoms with E-state index in [0.717, 1.165) is 22.0 Å². The summed E-state index contributed by atoms with van der Waals surface area (Å²) in [6, 6.07) is 17.9. The molecule has 0 N–H and O–H groups in total. The van der Waals surface area contributed by atoms with Crippen LogP contribution in [0.25, 0.3) is 0 Å².